The van der Waals surface area contributed by atoms with Gasteiger partial charge < -0.3 is 15.5 Å². The van der Waals surface area contributed by atoms with Gasteiger partial charge in [0.2, 0.25) is 11.8 Å². The summed E-state index contributed by atoms with van der Waals surface area (Å²) in [4.78, 5) is 40.0. The predicted octanol–water partition coefficient (Wildman–Crippen LogP) is 2.54. The van der Waals surface area contributed by atoms with Gasteiger partial charge in [-0.15, -0.1) is 0 Å². The number of nitrogens with zero attached hydrogens (tertiary/aromatic N) is 2. The molecule has 1 aliphatic carbocycles. The van der Waals surface area contributed by atoms with E-state index in [0.717, 1.165) is 0 Å². The van der Waals surface area contributed by atoms with Crippen molar-refractivity contribution in [1.82, 2.24) is 15.5 Å². The van der Waals surface area contributed by atoms with Crippen LogP contribution in [0.5, 0.6) is 0 Å². The maximum atomic E-state index is 13.5. The molecule has 2 rings (SSSR count). The number of hydrogen-bond donors (Lipinski definition) is 2. The van der Waals surface area contributed by atoms with Gasteiger partial charge in [0.05, 0.1) is 6.07 Å². The molecule has 2 aliphatic rings. The molecule has 32 heavy (non-hydrogen) atoms. The first-order valence-corrected chi connectivity index (χ1v) is 10.6. The molecule has 1 saturated heterocycles. The van der Waals surface area contributed by atoms with E-state index in [4.69, 9.17) is 0 Å². The van der Waals surface area contributed by atoms with Crippen molar-refractivity contribution in [1.29, 1.82) is 5.26 Å². The maximum Gasteiger partial charge on any atom is 0.421 e. The molecule has 10 heteroatoms. The molecule has 1 saturated carbocycles. The van der Waals surface area contributed by atoms with E-state index in [9.17, 15) is 32.8 Å². The maximum absolute atomic E-state index is 13.5. The Hall–Kier alpha value is -2.57. The van der Waals surface area contributed by atoms with Gasteiger partial charge in [-0.25, -0.2) is 0 Å². The van der Waals surface area contributed by atoms with E-state index < -0.39 is 53.0 Å². The molecule has 2 fully saturated rings. The molecule has 0 aromatic carbocycles. The third kappa shape index (κ3) is 4.76. The number of nitriles is 1. The van der Waals surface area contributed by atoms with Crippen LogP contribution in [0.1, 0.15) is 48.0 Å². The summed E-state index contributed by atoms with van der Waals surface area (Å²) in [5.74, 6) is -2.67. The van der Waals surface area contributed by atoms with E-state index in [0.29, 0.717) is 6.42 Å². The van der Waals surface area contributed by atoms with Crippen LogP contribution in [-0.4, -0.2) is 53.5 Å². The number of halogens is 3. The van der Waals surface area contributed by atoms with E-state index in [1.54, 1.807) is 27.7 Å². The Balaban J connectivity index is 2.31. The van der Waals surface area contributed by atoms with Crippen LogP contribution in [0.25, 0.3) is 0 Å². The Labute approximate surface area is 186 Å². The molecule has 0 aromatic heterocycles. The molecular formula is C22H31F3N4O3. The van der Waals surface area contributed by atoms with Crippen molar-refractivity contribution in [2.24, 2.45) is 22.7 Å². The van der Waals surface area contributed by atoms with Crippen molar-refractivity contribution < 1.29 is 27.6 Å². The zero-order chi connectivity index (χ0) is 24.8. The second-order valence-corrected chi connectivity index (χ2v) is 10.2. The van der Waals surface area contributed by atoms with Gasteiger partial charge in [-0.05, 0) is 29.1 Å². The van der Waals surface area contributed by atoms with Crippen molar-refractivity contribution in [3.8, 4) is 6.07 Å². The third-order valence-corrected chi connectivity index (χ3v) is 6.65. The largest absolute Gasteiger partial charge is 0.421 e. The summed E-state index contributed by atoms with van der Waals surface area (Å²) in [6.45, 7) is 13.6. The lowest BCUT2D eigenvalue weighted by molar-refractivity contribution is -0.146. The van der Waals surface area contributed by atoms with Crippen molar-refractivity contribution >= 4 is 17.7 Å². The van der Waals surface area contributed by atoms with Gasteiger partial charge in [-0.1, -0.05) is 48.1 Å². The lowest BCUT2D eigenvalue weighted by atomic mass is 9.85. The number of carbonyl (C=O) groups excluding carboxylic acids is 3. The Bertz CT molecular complexity index is 854. The highest BCUT2D eigenvalue weighted by Crippen LogP contribution is 2.65. The predicted molar refractivity (Wildman–Crippen MR) is 111 cm³/mol. The van der Waals surface area contributed by atoms with Crippen LogP contribution in [0.4, 0.5) is 13.2 Å². The van der Waals surface area contributed by atoms with E-state index in [-0.39, 0.29) is 23.8 Å². The number of carbonyl (C=O) groups is 3. The number of fused-ring (bicyclic) bond motifs is 1. The molecule has 1 aliphatic heterocycles. The van der Waals surface area contributed by atoms with Gasteiger partial charge in [0.15, 0.2) is 0 Å². The Morgan fingerprint density at radius 2 is 1.78 bits per heavy atom. The number of nitrogens with one attached hydrogen (secondary N) is 2. The van der Waals surface area contributed by atoms with E-state index in [1.165, 1.54) is 4.90 Å². The fourth-order valence-electron chi connectivity index (χ4n) is 4.46. The van der Waals surface area contributed by atoms with Gasteiger partial charge in [0, 0.05) is 6.54 Å². The Morgan fingerprint density at radius 1 is 1.22 bits per heavy atom. The number of rotatable bonds is 6. The standard InChI is InChI=1S/C22H31F3N4O3/c1-8-12(9-26)27-18(31)15-14-13(21(14,6)7)10-29(15)19(32)16(20(3,4)5)28-17(30)11(2)22(23,24)25/h12-16H,2,8,10H2,1,3-7H3,(H,27,31)(H,28,30)/t12-,13-,14-,15-,16+/m0/s1. The molecule has 5 atom stereocenters. The van der Waals surface area contributed by atoms with Crippen molar-refractivity contribution in [2.45, 2.75) is 72.3 Å². The highest BCUT2D eigenvalue weighted by Gasteiger charge is 2.69. The van der Waals surface area contributed by atoms with Gasteiger partial charge in [0.25, 0.3) is 5.91 Å². The number of hydrogen-bond acceptors (Lipinski definition) is 4. The molecule has 178 valence electrons. The average molecular weight is 457 g/mol. The van der Waals surface area contributed by atoms with Crippen molar-refractivity contribution in [3.05, 3.63) is 12.2 Å². The molecule has 1 heterocycles. The smallest absolute Gasteiger partial charge is 0.340 e. The molecule has 7 nitrogen and oxygen atoms in total. The number of alkyl halides is 3. The van der Waals surface area contributed by atoms with Gasteiger partial charge in [0.1, 0.15) is 23.7 Å². The fourth-order valence-corrected chi connectivity index (χ4v) is 4.46. The first kappa shape index (κ1) is 25.7. The Morgan fingerprint density at radius 3 is 2.22 bits per heavy atom. The minimum atomic E-state index is -4.93. The van der Waals surface area contributed by atoms with E-state index in [1.807, 2.05) is 19.9 Å². The quantitative estimate of drug-likeness (QED) is 0.600. The molecule has 2 N–H and O–H groups in total. The van der Waals surface area contributed by atoms with Gasteiger partial charge in [-0.3, -0.25) is 14.4 Å². The molecule has 0 radical (unpaired) electrons. The molecule has 3 amide bonds. The zero-order valence-electron chi connectivity index (χ0n) is 19.3. The van der Waals surface area contributed by atoms with Crippen LogP contribution in [0.3, 0.4) is 0 Å². The summed E-state index contributed by atoms with van der Waals surface area (Å²) in [6.07, 6.45) is -4.54. The van der Waals surface area contributed by atoms with Crippen LogP contribution in [-0.2, 0) is 14.4 Å². The number of piperidine rings is 1. The third-order valence-electron chi connectivity index (χ3n) is 6.65. The second-order valence-electron chi connectivity index (χ2n) is 10.2. The van der Waals surface area contributed by atoms with Crippen LogP contribution < -0.4 is 10.6 Å². The van der Waals surface area contributed by atoms with Gasteiger partial charge >= 0.3 is 6.18 Å². The number of likely N-dealkylation sites (tertiary alicyclic amines) is 1. The van der Waals surface area contributed by atoms with Crippen molar-refractivity contribution in [2.75, 3.05) is 6.54 Å². The van der Waals surface area contributed by atoms with E-state index in [2.05, 4.69) is 17.2 Å². The topological polar surface area (TPSA) is 102 Å². The Kier molecular flexibility index (Phi) is 6.75. The summed E-state index contributed by atoms with van der Waals surface area (Å²) >= 11 is 0. The lowest BCUT2D eigenvalue weighted by Crippen LogP contribution is -2.60. The summed E-state index contributed by atoms with van der Waals surface area (Å²) in [7, 11) is 0. The monoisotopic (exact) mass is 456 g/mol. The minimum Gasteiger partial charge on any atom is -0.340 e. The van der Waals surface area contributed by atoms with Crippen LogP contribution >= 0.6 is 0 Å². The van der Waals surface area contributed by atoms with Crippen LogP contribution in [0.2, 0.25) is 0 Å². The summed E-state index contributed by atoms with van der Waals surface area (Å²) < 4.78 is 38.7. The lowest BCUT2D eigenvalue weighted by Gasteiger charge is -2.38. The number of amides is 3. The first-order valence-electron chi connectivity index (χ1n) is 10.6. The second kappa shape index (κ2) is 8.41. The summed E-state index contributed by atoms with van der Waals surface area (Å²) in [5, 5.41) is 14.0. The van der Waals surface area contributed by atoms with E-state index >= 15 is 0 Å². The molecule has 0 spiro atoms. The highest BCUT2D eigenvalue weighted by molar-refractivity contribution is 5.99. The SMILES string of the molecule is C=C(C(=O)N[C@H](C(=O)N1C[C@H]2[C@@H]([C@H]1C(=O)N[C@H](C#N)CC)C2(C)C)C(C)(C)C)C(F)(F)F. The molecular weight excluding hydrogens is 425 g/mol. The van der Waals surface area contributed by atoms with Crippen LogP contribution in [0.15, 0.2) is 12.2 Å². The summed E-state index contributed by atoms with van der Waals surface area (Å²) in [5.41, 5.74) is -2.71. The fraction of sp³-hybridized carbons (Fsp3) is 0.727. The molecule has 0 aromatic rings. The minimum absolute atomic E-state index is 0.0471. The molecule has 0 unspecified atom stereocenters. The molecule has 0 bridgehead atoms. The zero-order valence-corrected chi connectivity index (χ0v) is 19.3. The van der Waals surface area contributed by atoms with Crippen LogP contribution in [0, 0.1) is 34.0 Å². The van der Waals surface area contributed by atoms with Gasteiger partial charge in [-0.2, -0.15) is 18.4 Å². The summed E-state index contributed by atoms with van der Waals surface area (Å²) in [6, 6.07) is -0.890. The van der Waals surface area contributed by atoms with Crippen molar-refractivity contribution in [3.63, 3.8) is 0 Å². The highest BCUT2D eigenvalue weighted by atomic mass is 19.4. The average Bonchev–Trinajstić information content (AvgIpc) is 3.03. The first-order chi connectivity index (χ1) is 14.5. The normalized spacial score (nSPS) is 25.8.